The molecule has 1 unspecified atom stereocenters. The molecule has 1 amide bonds. The minimum atomic E-state index is -0.518. The number of benzene rings is 2. The smallest absolute Gasteiger partial charge is 0.271 e. The number of hydrogen-bond donors (Lipinski definition) is 1. The molecule has 1 aliphatic heterocycles. The van der Waals surface area contributed by atoms with E-state index in [0.717, 1.165) is 31.5 Å². The summed E-state index contributed by atoms with van der Waals surface area (Å²) in [6.45, 7) is 3.91. The number of halogens is 1. The SMILES string of the molecule is CC(C(=O)Nc1cc([N+](=O)[O-])ccc1Cl)N1CCC(OCc2ccccc2)CC1. The number of nitro groups is 1. The van der Waals surface area contributed by atoms with Crippen molar-refractivity contribution in [2.75, 3.05) is 18.4 Å². The highest BCUT2D eigenvalue weighted by atomic mass is 35.5. The van der Waals surface area contributed by atoms with Crippen LogP contribution < -0.4 is 5.32 Å². The number of carbonyl (C=O) groups is 1. The number of rotatable bonds is 7. The van der Waals surface area contributed by atoms with Gasteiger partial charge in [-0.05, 0) is 31.4 Å². The molecule has 8 heteroatoms. The molecule has 0 aliphatic carbocycles. The Morgan fingerprint density at radius 3 is 2.62 bits per heavy atom. The van der Waals surface area contributed by atoms with Crippen molar-refractivity contribution in [1.29, 1.82) is 0 Å². The molecule has 0 bridgehead atoms. The Balaban J connectivity index is 1.50. The zero-order valence-corrected chi connectivity index (χ0v) is 17.0. The molecule has 0 saturated carbocycles. The molecule has 1 heterocycles. The van der Waals surface area contributed by atoms with E-state index in [1.54, 1.807) is 0 Å². The molecule has 154 valence electrons. The first kappa shape index (κ1) is 21.2. The Hall–Kier alpha value is -2.48. The Kier molecular flexibility index (Phi) is 7.19. The molecule has 0 spiro atoms. The number of carbonyl (C=O) groups excluding carboxylic acids is 1. The molecule has 2 aromatic carbocycles. The number of nitrogens with one attached hydrogen (secondary N) is 1. The minimum absolute atomic E-state index is 0.117. The maximum Gasteiger partial charge on any atom is 0.271 e. The van der Waals surface area contributed by atoms with Gasteiger partial charge in [-0.2, -0.15) is 0 Å². The van der Waals surface area contributed by atoms with E-state index in [-0.39, 0.29) is 34.5 Å². The van der Waals surface area contributed by atoms with Gasteiger partial charge in [0.05, 0.1) is 34.4 Å². The van der Waals surface area contributed by atoms with Crippen LogP contribution in [0.3, 0.4) is 0 Å². The first-order chi connectivity index (χ1) is 13.9. The number of hydrogen-bond acceptors (Lipinski definition) is 5. The first-order valence-corrected chi connectivity index (χ1v) is 9.96. The van der Waals surface area contributed by atoms with Crippen LogP contribution in [0, 0.1) is 10.1 Å². The minimum Gasteiger partial charge on any atom is -0.373 e. The van der Waals surface area contributed by atoms with Crippen LogP contribution in [0.5, 0.6) is 0 Å². The van der Waals surface area contributed by atoms with Crippen LogP contribution in [0.1, 0.15) is 25.3 Å². The molecule has 1 aliphatic rings. The van der Waals surface area contributed by atoms with Gasteiger partial charge in [0.2, 0.25) is 5.91 Å². The fraction of sp³-hybridized carbons (Fsp3) is 0.381. The molecule has 2 aromatic rings. The van der Waals surface area contributed by atoms with E-state index in [4.69, 9.17) is 16.3 Å². The van der Waals surface area contributed by atoms with Crippen molar-refractivity contribution in [2.24, 2.45) is 0 Å². The number of likely N-dealkylation sites (tertiary alicyclic amines) is 1. The van der Waals surface area contributed by atoms with Crippen LogP contribution >= 0.6 is 11.6 Å². The number of piperidine rings is 1. The predicted molar refractivity (Wildman–Crippen MR) is 112 cm³/mol. The van der Waals surface area contributed by atoms with Crippen LogP contribution in [0.15, 0.2) is 48.5 Å². The molecular formula is C21H24ClN3O4. The maximum absolute atomic E-state index is 12.6. The third kappa shape index (κ3) is 5.76. The van der Waals surface area contributed by atoms with Gasteiger partial charge in [0.25, 0.3) is 5.69 Å². The zero-order chi connectivity index (χ0) is 20.8. The topological polar surface area (TPSA) is 84.7 Å². The number of non-ortho nitro benzene ring substituents is 1. The summed E-state index contributed by atoms with van der Waals surface area (Å²) in [5.74, 6) is -0.240. The third-order valence-electron chi connectivity index (χ3n) is 5.15. The lowest BCUT2D eigenvalue weighted by Gasteiger charge is -2.35. The van der Waals surface area contributed by atoms with Gasteiger partial charge in [0.15, 0.2) is 0 Å². The first-order valence-electron chi connectivity index (χ1n) is 9.58. The second-order valence-electron chi connectivity index (χ2n) is 7.12. The Labute approximate surface area is 174 Å². The second-order valence-corrected chi connectivity index (χ2v) is 7.53. The van der Waals surface area contributed by atoms with Crippen molar-refractivity contribution in [3.05, 3.63) is 69.2 Å². The highest BCUT2D eigenvalue weighted by Gasteiger charge is 2.27. The number of amides is 1. The zero-order valence-electron chi connectivity index (χ0n) is 16.2. The predicted octanol–water partition coefficient (Wildman–Crippen LogP) is 4.26. The van der Waals surface area contributed by atoms with Crippen molar-refractivity contribution < 1.29 is 14.5 Å². The summed E-state index contributed by atoms with van der Waals surface area (Å²) in [5.41, 5.74) is 1.28. The number of anilines is 1. The van der Waals surface area contributed by atoms with E-state index in [9.17, 15) is 14.9 Å². The van der Waals surface area contributed by atoms with Gasteiger partial charge in [-0.25, -0.2) is 0 Å². The lowest BCUT2D eigenvalue weighted by atomic mass is 10.1. The molecule has 1 N–H and O–H groups in total. The van der Waals surface area contributed by atoms with Crippen molar-refractivity contribution >= 4 is 28.9 Å². The van der Waals surface area contributed by atoms with Crippen LogP contribution in [0.4, 0.5) is 11.4 Å². The molecule has 3 rings (SSSR count). The molecule has 0 radical (unpaired) electrons. The van der Waals surface area contributed by atoms with Gasteiger partial charge < -0.3 is 10.1 Å². The average molecular weight is 418 g/mol. The lowest BCUT2D eigenvalue weighted by Crippen LogP contribution is -2.47. The van der Waals surface area contributed by atoms with E-state index in [0.29, 0.717) is 6.61 Å². The summed E-state index contributed by atoms with van der Waals surface area (Å²) in [5, 5.41) is 13.9. The van der Waals surface area contributed by atoms with Crippen LogP contribution in [-0.4, -0.2) is 41.0 Å². The summed E-state index contributed by atoms with van der Waals surface area (Å²) in [4.78, 5) is 25.1. The van der Waals surface area contributed by atoms with Gasteiger partial charge in [-0.1, -0.05) is 41.9 Å². The molecule has 29 heavy (non-hydrogen) atoms. The summed E-state index contributed by atoms with van der Waals surface area (Å²) in [7, 11) is 0. The van der Waals surface area contributed by atoms with E-state index >= 15 is 0 Å². The van der Waals surface area contributed by atoms with E-state index in [1.165, 1.54) is 18.2 Å². The molecular weight excluding hydrogens is 394 g/mol. The summed E-state index contributed by atoms with van der Waals surface area (Å²) < 4.78 is 6.00. The molecule has 7 nitrogen and oxygen atoms in total. The normalized spacial score (nSPS) is 16.3. The number of ether oxygens (including phenoxy) is 1. The Morgan fingerprint density at radius 2 is 1.97 bits per heavy atom. The Morgan fingerprint density at radius 1 is 1.28 bits per heavy atom. The van der Waals surface area contributed by atoms with Gasteiger partial charge in [-0.15, -0.1) is 0 Å². The maximum atomic E-state index is 12.6. The Bertz CT molecular complexity index is 854. The second kappa shape index (κ2) is 9.82. The van der Waals surface area contributed by atoms with E-state index in [2.05, 4.69) is 10.2 Å². The summed E-state index contributed by atoms with van der Waals surface area (Å²) >= 11 is 6.07. The van der Waals surface area contributed by atoms with Crippen molar-refractivity contribution in [3.63, 3.8) is 0 Å². The van der Waals surface area contributed by atoms with Gasteiger partial charge in [0.1, 0.15) is 0 Å². The van der Waals surface area contributed by atoms with E-state index in [1.807, 2.05) is 37.3 Å². The van der Waals surface area contributed by atoms with Crippen molar-refractivity contribution in [3.8, 4) is 0 Å². The fourth-order valence-electron chi connectivity index (χ4n) is 3.34. The standard InChI is InChI=1S/C21H24ClN3O4/c1-15(21(26)23-20-13-17(25(27)28)7-8-19(20)22)24-11-9-18(10-12-24)29-14-16-5-3-2-4-6-16/h2-8,13,15,18H,9-12,14H2,1H3,(H,23,26). The van der Waals surface area contributed by atoms with Crippen molar-refractivity contribution in [1.82, 2.24) is 4.90 Å². The van der Waals surface area contributed by atoms with Crippen LogP contribution in [0.25, 0.3) is 0 Å². The molecule has 1 fully saturated rings. The summed E-state index contributed by atoms with van der Waals surface area (Å²) in [6, 6.07) is 13.7. The quantitative estimate of drug-likeness (QED) is 0.537. The molecule has 0 aromatic heterocycles. The number of nitrogens with zero attached hydrogens (tertiary/aromatic N) is 2. The lowest BCUT2D eigenvalue weighted by molar-refractivity contribution is -0.384. The van der Waals surface area contributed by atoms with E-state index < -0.39 is 4.92 Å². The van der Waals surface area contributed by atoms with Gasteiger partial charge >= 0.3 is 0 Å². The molecule has 1 atom stereocenters. The highest BCUT2D eigenvalue weighted by molar-refractivity contribution is 6.33. The number of nitro benzene ring substituents is 1. The van der Waals surface area contributed by atoms with Gasteiger partial charge in [-0.3, -0.25) is 19.8 Å². The third-order valence-corrected chi connectivity index (χ3v) is 5.48. The van der Waals surface area contributed by atoms with Gasteiger partial charge in [0, 0.05) is 25.2 Å². The summed E-state index contributed by atoms with van der Waals surface area (Å²) in [6.07, 6.45) is 1.87. The highest BCUT2D eigenvalue weighted by Crippen LogP contribution is 2.27. The largest absolute Gasteiger partial charge is 0.373 e. The average Bonchev–Trinajstić information content (AvgIpc) is 2.74. The monoisotopic (exact) mass is 417 g/mol. The molecule has 1 saturated heterocycles. The van der Waals surface area contributed by atoms with Crippen molar-refractivity contribution in [2.45, 2.75) is 38.5 Å². The van der Waals surface area contributed by atoms with Crippen LogP contribution in [0.2, 0.25) is 5.02 Å². The fourth-order valence-corrected chi connectivity index (χ4v) is 3.51. The van der Waals surface area contributed by atoms with Crippen LogP contribution in [-0.2, 0) is 16.1 Å².